The molecule has 0 heterocycles. The monoisotopic (exact) mass is 372 g/mol. The van der Waals surface area contributed by atoms with Crippen molar-refractivity contribution in [2.45, 2.75) is 33.3 Å². The molecule has 0 bridgehead atoms. The van der Waals surface area contributed by atoms with Gasteiger partial charge in [0.05, 0.1) is 11.8 Å². The highest BCUT2D eigenvalue weighted by atomic mass is 19.1. The van der Waals surface area contributed by atoms with E-state index in [0.717, 1.165) is 5.56 Å². The Bertz CT molecular complexity index is 775. The first-order valence-electron chi connectivity index (χ1n) is 8.91. The minimum absolute atomic E-state index is 0.0514. The van der Waals surface area contributed by atoms with Crippen molar-refractivity contribution >= 4 is 17.5 Å². The van der Waals surface area contributed by atoms with E-state index in [1.54, 1.807) is 30.3 Å². The fourth-order valence-corrected chi connectivity index (χ4v) is 2.60. The van der Waals surface area contributed by atoms with Crippen LogP contribution in [0.1, 0.15) is 26.3 Å². The fraction of sp³-hybridized carbons (Fsp3) is 0.333. The van der Waals surface area contributed by atoms with Crippen LogP contribution in [-0.2, 0) is 16.0 Å². The number of amides is 2. The zero-order chi connectivity index (χ0) is 19.8. The van der Waals surface area contributed by atoms with E-state index in [9.17, 15) is 14.0 Å². The van der Waals surface area contributed by atoms with Gasteiger partial charge in [-0.3, -0.25) is 14.5 Å². The number of hydrogen-bond donors (Lipinski definition) is 1. The smallest absolute Gasteiger partial charge is 0.240 e. The molecule has 6 heteroatoms. The summed E-state index contributed by atoms with van der Waals surface area (Å²) in [5, 5.41) is 2.79. The first-order valence-corrected chi connectivity index (χ1v) is 8.91. The van der Waals surface area contributed by atoms with Crippen LogP contribution in [0.2, 0.25) is 0 Å². The molecule has 0 radical (unpaired) electrons. The fourth-order valence-electron chi connectivity index (χ4n) is 2.60. The molecule has 2 aromatic rings. The first kappa shape index (κ1) is 20.4. The molecular formula is C21H25FN2O3. The van der Waals surface area contributed by atoms with Crippen LogP contribution in [0.15, 0.2) is 48.5 Å². The Kier molecular flexibility index (Phi) is 7.34. The summed E-state index contributed by atoms with van der Waals surface area (Å²) < 4.78 is 18.7. The number of ether oxygens (including phenoxy) is 1. The second-order valence-electron chi connectivity index (χ2n) is 6.47. The maximum absolute atomic E-state index is 12.9. The molecule has 27 heavy (non-hydrogen) atoms. The van der Waals surface area contributed by atoms with Crippen molar-refractivity contribution in [1.82, 2.24) is 5.32 Å². The van der Waals surface area contributed by atoms with Crippen molar-refractivity contribution < 1.29 is 18.7 Å². The Morgan fingerprint density at radius 3 is 2.41 bits per heavy atom. The van der Waals surface area contributed by atoms with E-state index >= 15 is 0 Å². The largest absolute Gasteiger partial charge is 0.489 e. The summed E-state index contributed by atoms with van der Waals surface area (Å²) in [6.07, 6.45) is 0.531. The highest BCUT2D eigenvalue weighted by molar-refractivity contribution is 5.98. The van der Waals surface area contributed by atoms with Crippen LogP contribution in [0.3, 0.4) is 0 Å². The molecule has 0 saturated heterocycles. The molecule has 0 saturated carbocycles. The Morgan fingerprint density at radius 2 is 1.78 bits per heavy atom. The number of benzene rings is 2. The lowest BCUT2D eigenvalue weighted by atomic mass is 10.1. The van der Waals surface area contributed by atoms with Gasteiger partial charge in [-0.15, -0.1) is 0 Å². The van der Waals surface area contributed by atoms with Crippen LogP contribution in [0.25, 0.3) is 0 Å². The molecule has 2 aromatic carbocycles. The van der Waals surface area contributed by atoms with Crippen molar-refractivity contribution in [3.63, 3.8) is 0 Å². The van der Waals surface area contributed by atoms with Gasteiger partial charge in [-0.05, 0) is 50.1 Å². The molecule has 5 nitrogen and oxygen atoms in total. The molecule has 1 N–H and O–H groups in total. The number of carbonyl (C=O) groups excluding carboxylic acids is 2. The molecule has 0 aliphatic heterocycles. The number of anilines is 1. The third kappa shape index (κ3) is 6.40. The quantitative estimate of drug-likeness (QED) is 0.773. The van der Waals surface area contributed by atoms with Crippen molar-refractivity contribution in [3.8, 4) is 5.75 Å². The lowest BCUT2D eigenvalue weighted by Crippen LogP contribution is -2.40. The summed E-state index contributed by atoms with van der Waals surface area (Å²) in [6.45, 7) is 5.52. The van der Waals surface area contributed by atoms with Gasteiger partial charge in [0, 0.05) is 13.5 Å². The third-order valence-corrected chi connectivity index (χ3v) is 3.85. The van der Waals surface area contributed by atoms with Gasteiger partial charge >= 0.3 is 0 Å². The SMILES string of the molecule is CC(=O)N(CC(=O)NCCc1ccc(F)cc1)c1ccccc1OC(C)C. The molecule has 2 rings (SSSR count). The molecule has 0 unspecified atom stereocenters. The van der Waals surface area contributed by atoms with Gasteiger partial charge in [-0.25, -0.2) is 4.39 Å². The normalized spacial score (nSPS) is 10.6. The Hall–Kier alpha value is -2.89. The minimum atomic E-state index is -0.290. The number of para-hydroxylation sites is 2. The van der Waals surface area contributed by atoms with Crippen molar-refractivity contribution in [1.29, 1.82) is 0 Å². The van der Waals surface area contributed by atoms with E-state index in [1.165, 1.54) is 24.0 Å². The lowest BCUT2D eigenvalue weighted by Gasteiger charge is -2.24. The van der Waals surface area contributed by atoms with Gasteiger partial charge < -0.3 is 10.1 Å². The molecule has 144 valence electrons. The maximum atomic E-state index is 12.9. The number of halogens is 1. The second kappa shape index (κ2) is 9.71. The Labute approximate surface area is 159 Å². The summed E-state index contributed by atoms with van der Waals surface area (Å²) in [5.41, 5.74) is 1.49. The topological polar surface area (TPSA) is 58.6 Å². The number of nitrogens with one attached hydrogen (secondary N) is 1. The molecule has 0 atom stereocenters. The van der Waals surface area contributed by atoms with Crippen molar-refractivity contribution in [2.24, 2.45) is 0 Å². The zero-order valence-corrected chi connectivity index (χ0v) is 15.9. The number of carbonyl (C=O) groups is 2. The molecular weight excluding hydrogens is 347 g/mol. The van der Waals surface area contributed by atoms with Crippen molar-refractivity contribution in [2.75, 3.05) is 18.0 Å². The number of nitrogens with zero attached hydrogens (tertiary/aromatic N) is 1. The van der Waals surface area contributed by atoms with E-state index < -0.39 is 0 Å². The zero-order valence-electron chi connectivity index (χ0n) is 15.9. The van der Waals surface area contributed by atoms with Crippen LogP contribution >= 0.6 is 0 Å². The molecule has 0 spiro atoms. The predicted octanol–water partition coefficient (Wildman–Crippen LogP) is 3.32. The molecule has 0 fully saturated rings. The highest BCUT2D eigenvalue weighted by Gasteiger charge is 2.19. The van der Waals surface area contributed by atoms with E-state index in [2.05, 4.69) is 5.32 Å². The van der Waals surface area contributed by atoms with Gasteiger partial charge in [-0.2, -0.15) is 0 Å². The van der Waals surface area contributed by atoms with Crippen LogP contribution in [-0.4, -0.2) is 31.0 Å². The number of rotatable bonds is 8. The summed E-state index contributed by atoms with van der Waals surface area (Å²) in [5.74, 6) is -0.251. The average molecular weight is 372 g/mol. The summed E-state index contributed by atoms with van der Waals surface area (Å²) in [6, 6.07) is 13.3. The molecule has 0 aromatic heterocycles. The van der Waals surface area contributed by atoms with E-state index in [-0.39, 0.29) is 30.3 Å². The van der Waals surface area contributed by atoms with E-state index in [1.807, 2.05) is 19.9 Å². The maximum Gasteiger partial charge on any atom is 0.240 e. The standard InChI is InChI=1S/C21H25FN2O3/c1-15(2)27-20-7-5-4-6-19(20)24(16(3)25)14-21(26)23-13-12-17-8-10-18(22)11-9-17/h4-11,15H,12-14H2,1-3H3,(H,23,26). The van der Waals surface area contributed by atoms with Gasteiger partial charge in [0.2, 0.25) is 11.8 Å². The van der Waals surface area contributed by atoms with Gasteiger partial charge in [0.15, 0.2) is 0 Å². The van der Waals surface area contributed by atoms with Crippen LogP contribution in [0.5, 0.6) is 5.75 Å². The van der Waals surface area contributed by atoms with E-state index in [4.69, 9.17) is 4.74 Å². The summed E-state index contributed by atoms with van der Waals surface area (Å²) >= 11 is 0. The minimum Gasteiger partial charge on any atom is -0.489 e. The van der Waals surface area contributed by atoms with Gasteiger partial charge in [0.1, 0.15) is 18.1 Å². The van der Waals surface area contributed by atoms with Gasteiger partial charge in [-0.1, -0.05) is 24.3 Å². The Morgan fingerprint density at radius 1 is 1.11 bits per heavy atom. The second-order valence-corrected chi connectivity index (χ2v) is 6.47. The summed E-state index contributed by atoms with van der Waals surface area (Å²) in [7, 11) is 0. The van der Waals surface area contributed by atoms with Crippen LogP contribution in [0, 0.1) is 5.82 Å². The average Bonchev–Trinajstić information content (AvgIpc) is 2.61. The Balaban J connectivity index is 1.98. The lowest BCUT2D eigenvalue weighted by molar-refractivity contribution is -0.123. The van der Waals surface area contributed by atoms with Gasteiger partial charge in [0.25, 0.3) is 0 Å². The van der Waals surface area contributed by atoms with Crippen molar-refractivity contribution in [3.05, 3.63) is 59.9 Å². The van der Waals surface area contributed by atoms with Crippen LogP contribution < -0.4 is 15.0 Å². The molecule has 2 amide bonds. The first-order chi connectivity index (χ1) is 12.9. The third-order valence-electron chi connectivity index (χ3n) is 3.85. The number of hydrogen-bond acceptors (Lipinski definition) is 3. The predicted molar refractivity (Wildman–Crippen MR) is 103 cm³/mol. The molecule has 0 aliphatic rings. The van der Waals surface area contributed by atoms with Crippen LogP contribution in [0.4, 0.5) is 10.1 Å². The van der Waals surface area contributed by atoms with E-state index in [0.29, 0.717) is 24.4 Å². The summed E-state index contributed by atoms with van der Waals surface area (Å²) in [4.78, 5) is 25.8. The highest BCUT2D eigenvalue weighted by Crippen LogP contribution is 2.29. The molecule has 0 aliphatic carbocycles.